The van der Waals surface area contributed by atoms with Gasteiger partial charge in [-0.05, 0) is 53.7 Å². The van der Waals surface area contributed by atoms with Crippen LogP contribution in [0.4, 0.5) is 5.69 Å². The molecular formula is C15H18BrN3. The molecule has 1 aliphatic rings. The third-order valence-corrected chi connectivity index (χ3v) is 4.36. The highest BCUT2D eigenvalue weighted by molar-refractivity contribution is 9.10. The largest absolute Gasteiger partial charge is 0.367 e. The van der Waals surface area contributed by atoms with E-state index in [-0.39, 0.29) is 0 Å². The molecule has 2 aromatic heterocycles. The van der Waals surface area contributed by atoms with E-state index in [1.807, 2.05) is 18.5 Å². The van der Waals surface area contributed by atoms with E-state index >= 15 is 0 Å². The maximum absolute atomic E-state index is 4.57. The second-order valence-corrected chi connectivity index (χ2v) is 6.02. The Morgan fingerprint density at radius 1 is 1.37 bits per heavy atom. The van der Waals surface area contributed by atoms with Gasteiger partial charge in [0.15, 0.2) is 0 Å². The van der Waals surface area contributed by atoms with Crippen molar-refractivity contribution >= 4 is 32.7 Å². The number of fused-ring (bicyclic) bond motifs is 1. The first kappa shape index (κ1) is 12.9. The Labute approximate surface area is 122 Å². The highest BCUT2D eigenvalue weighted by atomic mass is 79.9. The van der Waals surface area contributed by atoms with Gasteiger partial charge in [-0.1, -0.05) is 6.92 Å². The van der Waals surface area contributed by atoms with E-state index in [0.29, 0.717) is 6.04 Å². The minimum absolute atomic E-state index is 0.643. The fourth-order valence-electron chi connectivity index (χ4n) is 2.97. The average Bonchev–Trinajstić information content (AvgIpc) is 2.46. The number of pyridine rings is 2. The molecule has 0 radical (unpaired) electrons. The molecule has 2 aromatic rings. The first-order chi connectivity index (χ1) is 9.29. The van der Waals surface area contributed by atoms with E-state index in [9.17, 15) is 0 Å². The third kappa shape index (κ3) is 2.46. The summed E-state index contributed by atoms with van der Waals surface area (Å²) in [6.45, 7) is 3.41. The van der Waals surface area contributed by atoms with Crippen molar-refractivity contribution in [3.8, 4) is 0 Å². The molecule has 100 valence electrons. The van der Waals surface area contributed by atoms with Crippen LogP contribution in [-0.4, -0.2) is 22.6 Å². The first-order valence-electron chi connectivity index (χ1n) is 6.96. The predicted molar refractivity (Wildman–Crippen MR) is 82.5 cm³/mol. The van der Waals surface area contributed by atoms with E-state index in [1.54, 1.807) is 0 Å². The Balaban J connectivity index is 2.08. The van der Waals surface area contributed by atoms with Gasteiger partial charge in [-0.3, -0.25) is 9.97 Å². The lowest BCUT2D eigenvalue weighted by Crippen LogP contribution is -2.39. The number of hydrogen-bond acceptors (Lipinski definition) is 3. The lowest BCUT2D eigenvalue weighted by Gasteiger charge is -2.37. The summed E-state index contributed by atoms with van der Waals surface area (Å²) < 4.78 is 0.982. The smallest absolute Gasteiger partial charge is 0.112 e. The number of anilines is 1. The van der Waals surface area contributed by atoms with Crippen LogP contribution in [0.2, 0.25) is 0 Å². The average molecular weight is 320 g/mol. The highest BCUT2D eigenvalue weighted by Crippen LogP contribution is 2.31. The van der Waals surface area contributed by atoms with Crippen molar-refractivity contribution < 1.29 is 0 Å². The Morgan fingerprint density at radius 2 is 2.26 bits per heavy atom. The zero-order valence-electron chi connectivity index (χ0n) is 11.1. The Hall–Kier alpha value is -1.16. The van der Waals surface area contributed by atoms with Gasteiger partial charge in [-0.25, -0.2) is 0 Å². The summed E-state index contributed by atoms with van der Waals surface area (Å²) in [6, 6.07) is 4.79. The van der Waals surface area contributed by atoms with Crippen molar-refractivity contribution in [3.05, 3.63) is 29.0 Å². The van der Waals surface area contributed by atoms with Gasteiger partial charge in [0.25, 0.3) is 0 Å². The molecule has 0 N–H and O–H groups in total. The molecular weight excluding hydrogens is 302 g/mol. The highest BCUT2D eigenvalue weighted by Gasteiger charge is 2.23. The topological polar surface area (TPSA) is 29.0 Å². The van der Waals surface area contributed by atoms with Crippen molar-refractivity contribution in [3.63, 3.8) is 0 Å². The molecule has 1 unspecified atom stereocenters. The zero-order chi connectivity index (χ0) is 13.2. The minimum atomic E-state index is 0.643. The molecule has 3 nitrogen and oxygen atoms in total. The Morgan fingerprint density at radius 3 is 3.11 bits per heavy atom. The van der Waals surface area contributed by atoms with E-state index in [4.69, 9.17) is 0 Å². The van der Waals surface area contributed by atoms with Crippen LogP contribution in [-0.2, 0) is 0 Å². The lowest BCUT2D eigenvalue weighted by molar-refractivity contribution is 0.450. The molecule has 0 aromatic carbocycles. The van der Waals surface area contributed by atoms with Crippen molar-refractivity contribution in [2.75, 3.05) is 11.4 Å². The Bertz CT molecular complexity index is 585. The van der Waals surface area contributed by atoms with Crippen LogP contribution in [0.1, 0.15) is 32.6 Å². The van der Waals surface area contributed by atoms with Crippen LogP contribution in [0.15, 0.2) is 29.0 Å². The molecule has 1 saturated heterocycles. The monoisotopic (exact) mass is 319 g/mol. The summed E-state index contributed by atoms with van der Waals surface area (Å²) >= 11 is 3.46. The minimum Gasteiger partial charge on any atom is -0.367 e. The zero-order valence-corrected chi connectivity index (χ0v) is 12.7. The van der Waals surface area contributed by atoms with Crippen molar-refractivity contribution in [2.24, 2.45) is 0 Å². The standard InChI is InChI=1S/C15H18BrN3/c1-2-12-5-3-4-8-19(12)14-6-7-17-13-9-11(16)10-18-15(13)14/h6-7,9-10,12H,2-5,8H2,1H3. The Kier molecular flexibility index (Phi) is 3.69. The molecule has 1 atom stereocenters. The summed E-state index contributed by atoms with van der Waals surface area (Å²) in [4.78, 5) is 11.5. The second kappa shape index (κ2) is 5.45. The summed E-state index contributed by atoms with van der Waals surface area (Å²) in [5.41, 5.74) is 3.22. The van der Waals surface area contributed by atoms with Crippen LogP contribution >= 0.6 is 15.9 Å². The molecule has 0 spiro atoms. The van der Waals surface area contributed by atoms with Crippen LogP contribution in [0.25, 0.3) is 11.0 Å². The molecule has 0 amide bonds. The molecule has 4 heteroatoms. The fraction of sp³-hybridized carbons (Fsp3) is 0.467. The molecule has 1 fully saturated rings. The third-order valence-electron chi connectivity index (χ3n) is 3.93. The van der Waals surface area contributed by atoms with Gasteiger partial charge in [0.2, 0.25) is 0 Å². The van der Waals surface area contributed by atoms with E-state index in [2.05, 4.69) is 43.8 Å². The lowest BCUT2D eigenvalue weighted by atomic mass is 9.99. The van der Waals surface area contributed by atoms with Crippen LogP contribution in [0.3, 0.4) is 0 Å². The van der Waals surface area contributed by atoms with Crippen LogP contribution in [0.5, 0.6) is 0 Å². The van der Waals surface area contributed by atoms with Gasteiger partial charge in [0.05, 0.1) is 11.2 Å². The summed E-state index contributed by atoms with van der Waals surface area (Å²) in [7, 11) is 0. The van der Waals surface area contributed by atoms with Gasteiger partial charge >= 0.3 is 0 Å². The number of aromatic nitrogens is 2. The second-order valence-electron chi connectivity index (χ2n) is 5.10. The number of hydrogen-bond donors (Lipinski definition) is 0. The normalized spacial score (nSPS) is 19.9. The predicted octanol–water partition coefficient (Wildman–Crippen LogP) is 4.16. The van der Waals surface area contributed by atoms with Crippen molar-refractivity contribution in [1.29, 1.82) is 0 Å². The molecule has 3 heterocycles. The molecule has 1 aliphatic heterocycles. The van der Waals surface area contributed by atoms with Gasteiger partial charge in [-0.2, -0.15) is 0 Å². The van der Waals surface area contributed by atoms with E-state index in [0.717, 1.165) is 22.1 Å². The number of rotatable bonds is 2. The number of halogens is 1. The molecule has 3 rings (SSSR count). The maximum atomic E-state index is 4.57. The van der Waals surface area contributed by atoms with Crippen molar-refractivity contribution in [2.45, 2.75) is 38.6 Å². The van der Waals surface area contributed by atoms with Crippen LogP contribution in [0, 0.1) is 0 Å². The summed E-state index contributed by atoms with van der Waals surface area (Å²) in [6.07, 6.45) is 8.86. The number of nitrogens with zero attached hydrogens (tertiary/aromatic N) is 3. The summed E-state index contributed by atoms with van der Waals surface area (Å²) in [5.74, 6) is 0. The SMILES string of the molecule is CCC1CCCCN1c1ccnc2cc(Br)cnc12. The maximum Gasteiger partial charge on any atom is 0.112 e. The number of piperidine rings is 1. The summed E-state index contributed by atoms with van der Waals surface area (Å²) in [5, 5.41) is 0. The molecule has 19 heavy (non-hydrogen) atoms. The fourth-order valence-corrected chi connectivity index (χ4v) is 3.28. The van der Waals surface area contributed by atoms with Gasteiger partial charge in [-0.15, -0.1) is 0 Å². The van der Waals surface area contributed by atoms with E-state index in [1.165, 1.54) is 31.4 Å². The van der Waals surface area contributed by atoms with Gasteiger partial charge in [0.1, 0.15) is 5.52 Å². The van der Waals surface area contributed by atoms with Crippen molar-refractivity contribution in [1.82, 2.24) is 9.97 Å². The quantitative estimate of drug-likeness (QED) is 0.832. The molecule has 0 aliphatic carbocycles. The molecule has 0 bridgehead atoms. The van der Waals surface area contributed by atoms with Gasteiger partial charge in [0, 0.05) is 29.5 Å². The van der Waals surface area contributed by atoms with E-state index < -0.39 is 0 Å². The molecule has 0 saturated carbocycles. The van der Waals surface area contributed by atoms with Gasteiger partial charge < -0.3 is 4.90 Å². The van der Waals surface area contributed by atoms with Crippen LogP contribution < -0.4 is 4.90 Å². The first-order valence-corrected chi connectivity index (χ1v) is 7.76.